The summed E-state index contributed by atoms with van der Waals surface area (Å²) in [4.78, 5) is 21.4. The number of carbonyl (C=O) groups is 2. The second kappa shape index (κ2) is 6.11. The quantitative estimate of drug-likeness (QED) is 0.320. The summed E-state index contributed by atoms with van der Waals surface area (Å²) in [6, 6.07) is 0. The third kappa shape index (κ3) is 4.58. The standard InChI is InChI=1S/C8H14N2O4/c1-3-5(11)9-7(13)8(14)10-6(12)4-2/h3,7-8,13-14H,1,4H2,2H3,(H,9,11)(H,10,12). The molecule has 0 spiro atoms. The largest absolute Gasteiger partial charge is 0.369 e. The Hall–Kier alpha value is -1.40. The van der Waals surface area contributed by atoms with Gasteiger partial charge in [0.25, 0.3) is 0 Å². The van der Waals surface area contributed by atoms with Gasteiger partial charge in [-0.05, 0) is 6.08 Å². The lowest BCUT2D eigenvalue weighted by atomic mass is 10.4. The van der Waals surface area contributed by atoms with Gasteiger partial charge in [-0.3, -0.25) is 9.59 Å². The van der Waals surface area contributed by atoms with Crippen molar-refractivity contribution in [1.82, 2.24) is 10.6 Å². The van der Waals surface area contributed by atoms with E-state index >= 15 is 0 Å². The van der Waals surface area contributed by atoms with Crippen LogP contribution in [-0.4, -0.2) is 34.5 Å². The van der Waals surface area contributed by atoms with Gasteiger partial charge in [0, 0.05) is 6.42 Å². The van der Waals surface area contributed by atoms with E-state index in [1.807, 2.05) is 5.32 Å². The molecule has 0 aromatic rings. The van der Waals surface area contributed by atoms with Gasteiger partial charge in [-0.1, -0.05) is 13.5 Å². The molecule has 0 saturated carbocycles. The lowest BCUT2D eigenvalue weighted by Gasteiger charge is -2.18. The average molecular weight is 202 g/mol. The highest BCUT2D eigenvalue weighted by Crippen LogP contribution is 1.87. The van der Waals surface area contributed by atoms with Gasteiger partial charge >= 0.3 is 0 Å². The van der Waals surface area contributed by atoms with Crippen molar-refractivity contribution in [2.24, 2.45) is 0 Å². The predicted octanol–water partition coefficient (Wildman–Crippen LogP) is -1.55. The molecule has 0 aromatic carbocycles. The van der Waals surface area contributed by atoms with Gasteiger partial charge in [-0.25, -0.2) is 0 Å². The number of aliphatic hydroxyl groups excluding tert-OH is 2. The molecular formula is C8H14N2O4. The van der Waals surface area contributed by atoms with Gasteiger partial charge in [0.1, 0.15) is 0 Å². The number of carbonyl (C=O) groups excluding carboxylic acids is 2. The van der Waals surface area contributed by atoms with E-state index in [0.717, 1.165) is 6.08 Å². The Morgan fingerprint density at radius 3 is 2.29 bits per heavy atom. The number of rotatable bonds is 5. The van der Waals surface area contributed by atoms with Crippen molar-refractivity contribution in [3.8, 4) is 0 Å². The number of amides is 2. The normalized spacial score (nSPS) is 13.9. The molecular weight excluding hydrogens is 188 g/mol. The Balaban J connectivity index is 3.98. The fourth-order valence-electron chi connectivity index (χ4n) is 0.630. The number of nitrogens with one attached hydrogen (secondary N) is 2. The highest BCUT2D eigenvalue weighted by Gasteiger charge is 2.18. The Bertz CT molecular complexity index is 229. The lowest BCUT2D eigenvalue weighted by molar-refractivity contribution is -0.131. The van der Waals surface area contributed by atoms with Crippen molar-refractivity contribution >= 4 is 11.8 Å². The average Bonchev–Trinajstić information content (AvgIpc) is 2.17. The van der Waals surface area contributed by atoms with E-state index in [4.69, 9.17) is 10.2 Å². The van der Waals surface area contributed by atoms with Crippen LogP contribution >= 0.6 is 0 Å². The molecule has 2 amide bonds. The first-order valence-electron chi connectivity index (χ1n) is 4.09. The summed E-state index contributed by atoms with van der Waals surface area (Å²) in [6.07, 6.45) is -1.95. The highest BCUT2D eigenvalue weighted by atomic mass is 16.4. The molecule has 2 unspecified atom stereocenters. The minimum atomic E-state index is -1.55. The Labute approximate surface area is 81.6 Å². The molecule has 0 aromatic heterocycles. The zero-order valence-corrected chi connectivity index (χ0v) is 7.86. The van der Waals surface area contributed by atoms with Gasteiger partial charge in [-0.15, -0.1) is 0 Å². The first kappa shape index (κ1) is 12.6. The molecule has 0 aliphatic rings. The monoisotopic (exact) mass is 202 g/mol. The number of hydrogen-bond donors (Lipinski definition) is 4. The molecule has 0 aliphatic carbocycles. The first-order valence-corrected chi connectivity index (χ1v) is 4.09. The van der Waals surface area contributed by atoms with E-state index in [0.29, 0.717) is 0 Å². The topological polar surface area (TPSA) is 98.7 Å². The molecule has 0 rings (SSSR count). The van der Waals surface area contributed by atoms with Crippen LogP contribution in [-0.2, 0) is 9.59 Å². The summed E-state index contributed by atoms with van der Waals surface area (Å²) in [7, 11) is 0. The summed E-state index contributed by atoms with van der Waals surface area (Å²) in [5.41, 5.74) is 0. The fraction of sp³-hybridized carbons (Fsp3) is 0.500. The predicted molar refractivity (Wildman–Crippen MR) is 48.8 cm³/mol. The van der Waals surface area contributed by atoms with Crippen molar-refractivity contribution in [1.29, 1.82) is 0 Å². The Kier molecular flexibility index (Phi) is 5.50. The molecule has 6 nitrogen and oxygen atoms in total. The molecule has 0 bridgehead atoms. The van der Waals surface area contributed by atoms with Gasteiger partial charge < -0.3 is 20.8 Å². The van der Waals surface area contributed by atoms with Crippen LogP contribution < -0.4 is 10.6 Å². The van der Waals surface area contributed by atoms with Gasteiger partial charge in [0.15, 0.2) is 12.5 Å². The number of aliphatic hydroxyl groups is 2. The van der Waals surface area contributed by atoms with Gasteiger partial charge in [0.05, 0.1) is 0 Å². The Morgan fingerprint density at radius 2 is 1.86 bits per heavy atom. The summed E-state index contributed by atoms with van der Waals surface area (Å²) in [5.74, 6) is -1.06. The summed E-state index contributed by atoms with van der Waals surface area (Å²) < 4.78 is 0. The molecule has 0 fully saturated rings. The van der Waals surface area contributed by atoms with Crippen LogP contribution in [0.15, 0.2) is 12.7 Å². The summed E-state index contributed by atoms with van der Waals surface area (Å²) in [5, 5.41) is 22.3. The maximum absolute atomic E-state index is 10.8. The van der Waals surface area contributed by atoms with Gasteiger partial charge in [-0.2, -0.15) is 0 Å². The van der Waals surface area contributed by atoms with Crippen LogP contribution in [0.4, 0.5) is 0 Å². The molecule has 0 heterocycles. The smallest absolute Gasteiger partial charge is 0.245 e. The summed E-state index contributed by atoms with van der Waals surface area (Å²) >= 11 is 0. The van der Waals surface area contributed by atoms with E-state index in [1.165, 1.54) is 0 Å². The minimum absolute atomic E-state index is 0.180. The van der Waals surface area contributed by atoms with Gasteiger partial charge in [0.2, 0.25) is 11.8 Å². The zero-order valence-electron chi connectivity index (χ0n) is 7.86. The molecule has 0 saturated heterocycles. The molecule has 0 aliphatic heterocycles. The molecule has 4 N–H and O–H groups in total. The van der Waals surface area contributed by atoms with Crippen molar-refractivity contribution in [3.63, 3.8) is 0 Å². The van der Waals surface area contributed by atoms with E-state index < -0.39 is 24.3 Å². The minimum Gasteiger partial charge on any atom is -0.369 e. The second-order valence-electron chi connectivity index (χ2n) is 2.52. The second-order valence-corrected chi connectivity index (χ2v) is 2.52. The third-order valence-electron chi connectivity index (χ3n) is 1.40. The maximum Gasteiger partial charge on any atom is 0.245 e. The molecule has 6 heteroatoms. The molecule has 0 radical (unpaired) electrons. The first-order chi connectivity index (χ1) is 6.51. The number of hydrogen-bond acceptors (Lipinski definition) is 4. The summed E-state index contributed by atoms with van der Waals surface area (Å²) in [6.45, 7) is 4.75. The molecule has 14 heavy (non-hydrogen) atoms. The molecule has 80 valence electrons. The van der Waals surface area contributed by atoms with Crippen molar-refractivity contribution in [2.75, 3.05) is 0 Å². The maximum atomic E-state index is 10.8. The lowest BCUT2D eigenvalue weighted by Crippen LogP contribution is -2.51. The van der Waals surface area contributed by atoms with Crippen molar-refractivity contribution in [2.45, 2.75) is 25.8 Å². The third-order valence-corrected chi connectivity index (χ3v) is 1.40. The van der Waals surface area contributed by atoms with Crippen LogP contribution in [0.3, 0.4) is 0 Å². The zero-order chi connectivity index (χ0) is 11.1. The van der Waals surface area contributed by atoms with Crippen LogP contribution in [0.1, 0.15) is 13.3 Å². The van der Waals surface area contributed by atoms with E-state index in [-0.39, 0.29) is 6.42 Å². The van der Waals surface area contributed by atoms with E-state index in [2.05, 4.69) is 11.9 Å². The van der Waals surface area contributed by atoms with Crippen LogP contribution in [0, 0.1) is 0 Å². The highest BCUT2D eigenvalue weighted by molar-refractivity contribution is 5.87. The van der Waals surface area contributed by atoms with E-state index in [1.54, 1.807) is 6.92 Å². The SMILES string of the molecule is C=CC(=O)NC(O)C(O)NC(=O)CC. The van der Waals surface area contributed by atoms with Crippen LogP contribution in [0.5, 0.6) is 0 Å². The van der Waals surface area contributed by atoms with Crippen LogP contribution in [0.25, 0.3) is 0 Å². The van der Waals surface area contributed by atoms with E-state index in [9.17, 15) is 9.59 Å². The van der Waals surface area contributed by atoms with Crippen LogP contribution in [0.2, 0.25) is 0 Å². The van der Waals surface area contributed by atoms with Crippen molar-refractivity contribution in [3.05, 3.63) is 12.7 Å². The van der Waals surface area contributed by atoms with Crippen molar-refractivity contribution < 1.29 is 19.8 Å². The Morgan fingerprint density at radius 1 is 1.36 bits per heavy atom. The molecule has 2 atom stereocenters. The fourth-order valence-corrected chi connectivity index (χ4v) is 0.630.